The molecule has 9 rings (SSSR count). The molecule has 6 aromatic carbocycles. The van der Waals surface area contributed by atoms with Crippen LogP contribution in [0.5, 0.6) is 11.5 Å². The fourth-order valence-electron chi connectivity index (χ4n) is 6.47. The summed E-state index contributed by atoms with van der Waals surface area (Å²) in [4.78, 5) is 2.34. The lowest BCUT2D eigenvalue weighted by atomic mass is 9.90. The number of furan rings is 1. The van der Waals surface area contributed by atoms with Crippen LogP contribution in [-0.4, -0.2) is 0 Å². The summed E-state index contributed by atoms with van der Waals surface area (Å²) in [7, 11) is 0. The number of ether oxygens (including phenoxy) is 1. The average molecular weight is 514 g/mol. The number of anilines is 3. The Kier molecular flexibility index (Phi) is 4.39. The van der Waals surface area contributed by atoms with Gasteiger partial charge in [0.2, 0.25) is 0 Å². The molecule has 2 aliphatic rings. The summed E-state index contributed by atoms with van der Waals surface area (Å²) >= 11 is 0. The van der Waals surface area contributed by atoms with Crippen molar-refractivity contribution in [3.63, 3.8) is 0 Å². The third-order valence-corrected chi connectivity index (χ3v) is 8.23. The topological polar surface area (TPSA) is 25.6 Å². The molecule has 0 fully saturated rings. The van der Waals surface area contributed by atoms with Gasteiger partial charge < -0.3 is 14.1 Å². The minimum absolute atomic E-state index is 0.847. The van der Waals surface area contributed by atoms with Gasteiger partial charge in [-0.05, 0) is 64.7 Å². The van der Waals surface area contributed by atoms with Crippen LogP contribution in [0.15, 0.2) is 126 Å². The van der Waals surface area contributed by atoms with Gasteiger partial charge in [0.15, 0.2) is 11.5 Å². The van der Waals surface area contributed by atoms with E-state index < -0.39 is 0 Å². The summed E-state index contributed by atoms with van der Waals surface area (Å²) in [6.45, 7) is 0. The second-order valence-electron chi connectivity index (χ2n) is 10.5. The first-order chi connectivity index (χ1) is 19.8. The molecule has 3 nitrogen and oxygen atoms in total. The zero-order valence-corrected chi connectivity index (χ0v) is 21.6. The fraction of sp³-hybridized carbons (Fsp3) is 0.0270. The molecule has 7 aromatic rings. The van der Waals surface area contributed by atoms with Gasteiger partial charge in [-0.2, -0.15) is 0 Å². The molecule has 0 radical (unpaired) electrons. The molecule has 0 bridgehead atoms. The predicted octanol–water partition coefficient (Wildman–Crippen LogP) is 10.6. The lowest BCUT2D eigenvalue weighted by Gasteiger charge is -2.35. The summed E-state index contributed by atoms with van der Waals surface area (Å²) in [6.07, 6.45) is 5.30. The molecule has 0 saturated carbocycles. The Morgan fingerprint density at radius 1 is 0.675 bits per heavy atom. The third-order valence-electron chi connectivity index (χ3n) is 8.23. The monoisotopic (exact) mass is 513 g/mol. The van der Waals surface area contributed by atoms with Crippen molar-refractivity contribution < 1.29 is 9.15 Å². The van der Waals surface area contributed by atoms with Crippen molar-refractivity contribution in [2.45, 2.75) is 6.42 Å². The Bertz CT molecular complexity index is 2170. The molecule has 1 aromatic heterocycles. The van der Waals surface area contributed by atoms with Crippen molar-refractivity contribution in [3.8, 4) is 22.6 Å². The largest absolute Gasteiger partial charge is 0.455 e. The SMILES string of the molecule is C1=Cc2cccc3cc4c(c(c23)C1)Oc1ccc(-c2cccc3c2oc2ccccc23)cc1N4c1ccccc1. The van der Waals surface area contributed by atoms with Gasteiger partial charge in [-0.3, -0.25) is 0 Å². The number of hydrogen-bond acceptors (Lipinski definition) is 3. The lowest BCUT2D eigenvalue weighted by Crippen LogP contribution is -2.17. The summed E-state index contributed by atoms with van der Waals surface area (Å²) in [5, 5.41) is 4.77. The van der Waals surface area contributed by atoms with E-state index in [0.29, 0.717) is 0 Å². The van der Waals surface area contributed by atoms with E-state index in [-0.39, 0.29) is 0 Å². The first-order valence-electron chi connectivity index (χ1n) is 13.7. The molecule has 0 unspecified atom stereocenters. The maximum Gasteiger partial charge on any atom is 0.155 e. The average Bonchev–Trinajstić information content (AvgIpc) is 3.40. The van der Waals surface area contributed by atoms with Gasteiger partial charge >= 0.3 is 0 Å². The van der Waals surface area contributed by atoms with Crippen LogP contribution in [0.25, 0.3) is 49.9 Å². The highest BCUT2D eigenvalue weighted by Crippen LogP contribution is 2.55. The minimum atomic E-state index is 0.847. The number of allylic oxidation sites excluding steroid dienone is 1. The van der Waals surface area contributed by atoms with Gasteiger partial charge in [0.1, 0.15) is 11.2 Å². The van der Waals surface area contributed by atoms with E-state index in [4.69, 9.17) is 9.15 Å². The summed E-state index contributed by atoms with van der Waals surface area (Å²) in [5.41, 5.74) is 9.63. The minimum Gasteiger partial charge on any atom is -0.455 e. The Morgan fingerprint density at radius 3 is 2.48 bits per heavy atom. The van der Waals surface area contributed by atoms with Gasteiger partial charge in [-0.25, -0.2) is 0 Å². The zero-order valence-electron chi connectivity index (χ0n) is 21.6. The number of hydrogen-bond donors (Lipinski definition) is 0. The fourth-order valence-corrected chi connectivity index (χ4v) is 6.47. The van der Waals surface area contributed by atoms with Crippen LogP contribution < -0.4 is 9.64 Å². The standard InChI is InChI=1S/C37H23NO2/c1-2-12-26(13-3-1)38-31-21-24(27-15-8-16-29-28-14-4-5-18-33(28)39-36(27)29)19-20-34(31)40-37-30-17-7-10-23-9-6-11-25(35(23)30)22-32(37)38/h1-16,18-22H,17H2. The first-order valence-corrected chi connectivity index (χ1v) is 13.7. The van der Waals surface area contributed by atoms with Crippen molar-refractivity contribution in [1.82, 2.24) is 0 Å². The first kappa shape index (κ1) is 21.6. The summed E-state index contributed by atoms with van der Waals surface area (Å²) in [6, 6.07) is 40.5. The Hall–Kier alpha value is -5.28. The van der Waals surface area contributed by atoms with E-state index in [2.05, 4.69) is 120 Å². The maximum atomic E-state index is 6.78. The van der Waals surface area contributed by atoms with Crippen LogP contribution in [0.3, 0.4) is 0 Å². The molecule has 2 heterocycles. The van der Waals surface area contributed by atoms with E-state index in [1.54, 1.807) is 0 Å². The highest BCUT2D eigenvalue weighted by molar-refractivity contribution is 6.10. The highest BCUT2D eigenvalue weighted by atomic mass is 16.5. The van der Waals surface area contributed by atoms with Crippen molar-refractivity contribution >= 4 is 55.8 Å². The number of benzene rings is 6. The highest BCUT2D eigenvalue weighted by Gasteiger charge is 2.30. The van der Waals surface area contributed by atoms with E-state index in [0.717, 1.165) is 68.0 Å². The Labute approximate surface area is 231 Å². The Morgan fingerprint density at radius 2 is 1.52 bits per heavy atom. The van der Waals surface area contributed by atoms with E-state index >= 15 is 0 Å². The van der Waals surface area contributed by atoms with Crippen LogP contribution in [0.1, 0.15) is 11.1 Å². The molecular formula is C37H23NO2. The molecule has 0 atom stereocenters. The molecule has 1 aliphatic carbocycles. The summed E-state index contributed by atoms with van der Waals surface area (Å²) < 4.78 is 13.2. The second kappa shape index (κ2) is 8.11. The molecule has 1 aliphatic heterocycles. The third kappa shape index (κ3) is 3.00. The smallest absolute Gasteiger partial charge is 0.155 e. The van der Waals surface area contributed by atoms with Gasteiger partial charge in [-0.15, -0.1) is 0 Å². The quantitative estimate of drug-likeness (QED) is 0.230. The number of rotatable bonds is 2. The van der Waals surface area contributed by atoms with Crippen molar-refractivity contribution in [2.75, 3.05) is 4.90 Å². The predicted molar refractivity (Wildman–Crippen MR) is 164 cm³/mol. The molecule has 3 heteroatoms. The lowest BCUT2D eigenvalue weighted by molar-refractivity contribution is 0.473. The van der Waals surface area contributed by atoms with E-state index in [1.807, 2.05) is 12.1 Å². The normalized spacial score (nSPS) is 13.4. The van der Waals surface area contributed by atoms with Crippen LogP contribution in [0, 0.1) is 0 Å². The van der Waals surface area contributed by atoms with Crippen molar-refractivity contribution in [2.24, 2.45) is 0 Å². The van der Waals surface area contributed by atoms with E-state index in [9.17, 15) is 0 Å². The molecule has 0 spiro atoms. The maximum absolute atomic E-state index is 6.78. The van der Waals surface area contributed by atoms with Gasteiger partial charge in [0.25, 0.3) is 0 Å². The number of para-hydroxylation sites is 3. The Balaban J connectivity index is 1.30. The van der Waals surface area contributed by atoms with Crippen molar-refractivity contribution in [3.05, 3.63) is 132 Å². The summed E-state index contributed by atoms with van der Waals surface area (Å²) in [5.74, 6) is 1.78. The van der Waals surface area contributed by atoms with Crippen molar-refractivity contribution in [1.29, 1.82) is 0 Å². The van der Waals surface area contributed by atoms with Crippen LogP contribution in [0.4, 0.5) is 17.1 Å². The molecule has 0 N–H and O–H groups in total. The molecular weight excluding hydrogens is 490 g/mol. The molecule has 0 saturated heterocycles. The van der Waals surface area contributed by atoms with Crippen LogP contribution in [-0.2, 0) is 6.42 Å². The molecule has 0 amide bonds. The molecule has 188 valence electrons. The van der Waals surface area contributed by atoms with Gasteiger partial charge in [-0.1, -0.05) is 91.0 Å². The number of nitrogens with zero attached hydrogens (tertiary/aromatic N) is 1. The second-order valence-corrected chi connectivity index (χ2v) is 10.5. The van der Waals surface area contributed by atoms with Crippen LogP contribution >= 0.6 is 0 Å². The molecule has 40 heavy (non-hydrogen) atoms. The van der Waals surface area contributed by atoms with Gasteiger partial charge in [0.05, 0.1) is 11.4 Å². The zero-order chi connectivity index (χ0) is 26.2. The number of fused-ring (bicyclic) bond motifs is 6. The van der Waals surface area contributed by atoms with Crippen LogP contribution in [0.2, 0.25) is 0 Å². The van der Waals surface area contributed by atoms with E-state index in [1.165, 1.54) is 21.9 Å². The van der Waals surface area contributed by atoms with Gasteiger partial charge in [0, 0.05) is 27.6 Å².